The van der Waals surface area contributed by atoms with Gasteiger partial charge >= 0.3 is 30.1 Å². The standard InChI is InChI=1S/C20H29F3O7S.C18H13S.C15H29NO2.C13H24O2.C11H16O.C8H7I2NO4S/c1-4-17(2,3)15(24)30-19-8-12-5-13(9-19)7-18(6-12,11-19)16(25)29-14(20(21,22)23)10-31(26,27)28;1-2-8-14(9-3-1)19-17-12-6-4-10-15(17)16-11-5-7-13-18(16)19;1-8-13(2,3)12(17)18-11-9-14(4,5)16-15(6,7)10-11;1-5-12(2,3)11(14)15-13(4)9-7-6-8-10-13;1-4-11(2,3)9-5-7-10(12)8-6-9;1-16(14,15)11-8(13)4-2-5(9)7(12)6(10)3-4/h12-14H,4-11H2,1-3H3,(H,26,27,28);1-13H;11,16H,8-10H2,1-7H3;5-10H2,1-4H3;5-8,12H,4H2,1-3H3;2-3,12H,1H3,(H,11,13)/q;+1;;;;/p-1. The summed E-state index contributed by atoms with van der Waals surface area (Å²) in [5.74, 6) is -4.10. The van der Waals surface area contributed by atoms with Gasteiger partial charge < -0.3 is 39.0 Å². The third-order valence-corrected chi connectivity index (χ3v) is 27.6. The molecule has 18 nitrogen and oxygen atoms in total. The number of quaternary nitrogens is 1. The van der Waals surface area contributed by atoms with Crippen LogP contribution in [0.2, 0.25) is 0 Å². The zero-order valence-electron chi connectivity index (χ0n) is 67.8. The van der Waals surface area contributed by atoms with Gasteiger partial charge in [0.2, 0.25) is 16.1 Å². The largest absolute Gasteiger partial charge is 0.871 e. The zero-order chi connectivity index (χ0) is 83.5. The van der Waals surface area contributed by atoms with Crippen LogP contribution in [0.15, 0.2) is 115 Å². The van der Waals surface area contributed by atoms with Crippen molar-refractivity contribution >= 4 is 126 Å². The average molecular weight is 1830 g/mol. The second kappa shape index (κ2) is 37.5. The van der Waals surface area contributed by atoms with E-state index in [9.17, 15) is 63.6 Å². The molecule has 12 rings (SSSR count). The predicted octanol–water partition coefficient (Wildman–Crippen LogP) is 18.7. The number of aromatic hydroxyl groups is 1. The minimum absolute atomic E-state index is 0.00100. The van der Waals surface area contributed by atoms with Crippen LogP contribution in [0.4, 0.5) is 13.2 Å². The number of fused-ring (bicyclic) bond motifs is 3. The van der Waals surface area contributed by atoms with Gasteiger partial charge in [-0.15, -0.1) is 0 Å². The number of phenols is 1. The van der Waals surface area contributed by atoms with Crippen molar-refractivity contribution in [3.63, 3.8) is 0 Å². The molecule has 26 heteroatoms. The molecule has 3 atom stereocenters. The topological polar surface area (TPSA) is 286 Å². The van der Waals surface area contributed by atoms with Crippen molar-refractivity contribution in [1.29, 1.82) is 0 Å². The lowest BCUT2D eigenvalue weighted by Gasteiger charge is -2.60. The number of piperidine rings is 1. The maximum Gasteiger partial charge on any atom is 0.426 e. The molecule has 4 N–H and O–H groups in total. The van der Waals surface area contributed by atoms with Crippen molar-refractivity contribution in [1.82, 2.24) is 4.72 Å². The summed E-state index contributed by atoms with van der Waals surface area (Å²) >= 11 is 3.60. The SMILES string of the molecule is CCC(C)(C)C(=O)OC1(C)CCCCC1.CCC(C)(C)C(=O)OC12CC3CC(C1)CC(C(=O)OC(CS(=O)(=O)[O-])C(F)(F)F)(C3)C2.CCC(C)(C)C(=O)OC1CC(C)(C)[NH2+]C(C)(C)C1.CCC(C)(C)c1ccc(O)cc1.CS(=O)(=O)NC(=O)c1cc(I)c([O-])c(I)c1.c1ccc(-[s+]2c3ccccc3c3ccccc32)cc1. The number of ether oxygens (including phenoxy) is 4. The number of carbonyl (C=O) groups excluding carboxylic acids is 5. The number of esters is 4. The summed E-state index contributed by atoms with van der Waals surface area (Å²) in [6.45, 7) is 34.8. The molecule has 5 aliphatic carbocycles. The molecule has 5 saturated carbocycles. The number of nitrogens with two attached hydrogens (primary N) is 1. The Kier molecular flexibility index (Phi) is 31.8. The Hall–Kier alpha value is -5.66. The first-order valence-electron chi connectivity index (χ1n) is 38.3. The molecule has 6 fully saturated rings. The molecule has 1 aliphatic heterocycles. The van der Waals surface area contributed by atoms with E-state index in [1.807, 2.05) is 65.3 Å². The number of phenolic OH excluding ortho intramolecular Hbond substituents is 1. The first-order chi connectivity index (χ1) is 51.1. The quantitative estimate of drug-likeness (QED) is 0.0237. The van der Waals surface area contributed by atoms with E-state index in [1.165, 1.54) is 62.0 Å². The molecule has 1 saturated heterocycles. The Labute approximate surface area is 686 Å². The fraction of sp³-hybridized carbons (Fsp3) is 0.588. The Morgan fingerprint density at radius 1 is 0.631 bits per heavy atom. The summed E-state index contributed by atoms with van der Waals surface area (Å²) in [5.41, 5.74) is -1.91. The molecule has 0 radical (unpaired) electrons. The van der Waals surface area contributed by atoms with Crippen LogP contribution < -0.4 is 15.1 Å². The van der Waals surface area contributed by atoms with Gasteiger partial charge in [-0.3, -0.25) is 24.0 Å². The Balaban J connectivity index is 0.000000214. The number of alkyl halides is 3. The van der Waals surface area contributed by atoms with E-state index in [4.69, 9.17) is 19.3 Å². The van der Waals surface area contributed by atoms with Gasteiger partial charge in [0.05, 0.1) is 54.9 Å². The summed E-state index contributed by atoms with van der Waals surface area (Å²) in [4.78, 5) is 62.7. The summed E-state index contributed by atoms with van der Waals surface area (Å²) in [6.07, 6.45) is 6.15. The Morgan fingerprint density at radius 3 is 1.52 bits per heavy atom. The van der Waals surface area contributed by atoms with Crippen LogP contribution in [-0.4, -0.2) is 109 Å². The number of rotatable bonds is 18. The lowest BCUT2D eigenvalue weighted by molar-refractivity contribution is -0.789. The molecule has 3 unspecified atom stereocenters. The maximum absolute atomic E-state index is 13.3. The van der Waals surface area contributed by atoms with Crippen molar-refractivity contribution in [3.05, 3.63) is 134 Å². The predicted molar refractivity (Wildman–Crippen MR) is 446 cm³/mol. The molecule has 6 aromatic rings. The number of sulfonamides is 1. The first kappa shape index (κ1) is 94.2. The van der Waals surface area contributed by atoms with Crippen LogP contribution >= 0.6 is 55.7 Å². The molecule has 5 aromatic carbocycles. The fourth-order valence-corrected chi connectivity index (χ4v) is 20.5. The van der Waals surface area contributed by atoms with Gasteiger partial charge in [-0.1, -0.05) is 108 Å². The molecule has 111 heavy (non-hydrogen) atoms. The number of amides is 1. The number of thiophene rings is 1. The van der Waals surface area contributed by atoms with E-state index < -0.39 is 72.5 Å². The number of nitrogens with one attached hydrogen (secondary N) is 1. The number of halogens is 5. The van der Waals surface area contributed by atoms with Crippen LogP contribution in [0.3, 0.4) is 0 Å². The number of carbonyl (C=O) groups is 5. The molecule has 2 heterocycles. The van der Waals surface area contributed by atoms with Gasteiger partial charge in [0.25, 0.3) is 5.91 Å². The van der Waals surface area contributed by atoms with Crippen LogP contribution in [0.25, 0.3) is 25.1 Å². The van der Waals surface area contributed by atoms with E-state index in [-0.39, 0.29) is 91.0 Å². The average Bonchev–Trinajstić information content (AvgIpc) is 1.32. The highest BCUT2D eigenvalue weighted by atomic mass is 127. The van der Waals surface area contributed by atoms with E-state index in [0.29, 0.717) is 45.0 Å². The fourth-order valence-electron chi connectivity index (χ4n) is 15.2. The third kappa shape index (κ3) is 26.7. The van der Waals surface area contributed by atoms with Gasteiger partial charge in [0, 0.05) is 53.2 Å². The van der Waals surface area contributed by atoms with E-state index in [0.717, 1.165) is 57.6 Å². The van der Waals surface area contributed by atoms with Gasteiger partial charge in [0.1, 0.15) is 23.1 Å². The van der Waals surface area contributed by atoms with Crippen LogP contribution in [0.5, 0.6) is 11.5 Å². The van der Waals surface area contributed by atoms with Crippen molar-refractivity contribution in [2.24, 2.45) is 33.5 Å². The highest BCUT2D eigenvalue weighted by Gasteiger charge is 2.64. The normalized spacial score (nSPS) is 20.9. The van der Waals surface area contributed by atoms with E-state index >= 15 is 0 Å². The molecular weight excluding hydrogens is 1710 g/mol. The Morgan fingerprint density at radius 2 is 1.08 bits per heavy atom. The molecule has 6 aliphatic rings. The van der Waals surface area contributed by atoms with Gasteiger partial charge in [0.15, 0.2) is 14.3 Å². The minimum atomic E-state index is -5.27. The van der Waals surface area contributed by atoms with Crippen molar-refractivity contribution in [2.75, 3.05) is 12.0 Å². The lowest BCUT2D eigenvalue weighted by Crippen LogP contribution is -3.06. The summed E-state index contributed by atoms with van der Waals surface area (Å²) in [5, 5.41) is 25.6. The van der Waals surface area contributed by atoms with Gasteiger partial charge in [-0.2, -0.15) is 13.2 Å². The third-order valence-electron chi connectivity index (χ3n) is 22.4. The molecular formula is C85H117F3I2N2O16S3. The smallest absolute Gasteiger partial charge is 0.426 e. The molecule has 616 valence electrons. The molecule has 0 spiro atoms. The van der Waals surface area contributed by atoms with Gasteiger partial charge in [-0.05, 0) is 288 Å². The number of hydrogen-bond donors (Lipinski definition) is 3. The number of hydrogen-bond acceptors (Lipinski definition) is 16. The number of benzene rings is 5. The lowest BCUT2D eigenvalue weighted by atomic mass is 9.48. The summed E-state index contributed by atoms with van der Waals surface area (Å²) < 4.78 is 122. The highest BCUT2D eigenvalue weighted by Crippen LogP contribution is 2.64. The molecule has 1 aromatic heterocycles. The summed E-state index contributed by atoms with van der Waals surface area (Å²) in [6, 6.07) is 38.6. The highest BCUT2D eigenvalue weighted by molar-refractivity contribution is 14.1. The monoisotopic (exact) mass is 1830 g/mol. The summed E-state index contributed by atoms with van der Waals surface area (Å²) in [7, 11) is -8.80. The van der Waals surface area contributed by atoms with Gasteiger partial charge in [-0.25, -0.2) is 21.6 Å². The second-order valence-electron chi connectivity index (χ2n) is 35.0. The van der Waals surface area contributed by atoms with E-state index in [2.05, 4.69) is 144 Å². The van der Waals surface area contributed by atoms with E-state index in [1.54, 1.807) is 71.2 Å². The minimum Gasteiger partial charge on any atom is -0.871 e. The molecule has 4 bridgehead atoms. The molecule has 1 amide bonds. The van der Waals surface area contributed by atoms with Crippen molar-refractivity contribution < 1.29 is 93.0 Å². The van der Waals surface area contributed by atoms with Crippen molar-refractivity contribution in [3.8, 4) is 16.4 Å². The maximum atomic E-state index is 13.3. The Bertz CT molecular complexity index is 4330. The van der Waals surface area contributed by atoms with Crippen molar-refractivity contribution in [2.45, 2.75) is 273 Å². The first-order valence-corrected chi connectivity index (χ1v) is 45.1. The second-order valence-corrected chi connectivity index (χ2v) is 42.5. The van der Waals surface area contributed by atoms with Crippen LogP contribution in [0, 0.1) is 40.6 Å². The van der Waals surface area contributed by atoms with Crippen LogP contribution in [0.1, 0.15) is 243 Å². The van der Waals surface area contributed by atoms with Crippen LogP contribution in [-0.2, 0) is 63.7 Å². The zero-order valence-corrected chi connectivity index (χ0v) is 74.5.